The van der Waals surface area contributed by atoms with Crippen LogP contribution < -0.4 is 0 Å². The van der Waals surface area contributed by atoms with E-state index in [0.29, 0.717) is 0 Å². The van der Waals surface area contributed by atoms with E-state index in [0.717, 1.165) is 25.8 Å². The Morgan fingerprint density at radius 3 is 2.68 bits per heavy atom. The number of nitrogens with zero attached hydrogens (tertiary/aromatic N) is 1. The number of aryl methyl sites for hydroxylation is 1. The van der Waals surface area contributed by atoms with Crippen molar-refractivity contribution < 1.29 is 9.90 Å². The van der Waals surface area contributed by atoms with Crippen LogP contribution in [-0.2, 0) is 11.2 Å². The SMILES string of the molecule is O=C(O)C1C=CC=CN1CCCCc1ccccc1. The van der Waals surface area contributed by atoms with Crippen LogP contribution in [0.3, 0.4) is 0 Å². The van der Waals surface area contributed by atoms with Gasteiger partial charge in [0, 0.05) is 12.7 Å². The van der Waals surface area contributed by atoms with E-state index in [-0.39, 0.29) is 0 Å². The molecule has 0 aliphatic carbocycles. The minimum absolute atomic E-state index is 0.512. The van der Waals surface area contributed by atoms with Crippen LogP contribution in [0, 0.1) is 0 Å². The Balaban J connectivity index is 1.75. The average molecular weight is 257 g/mol. The van der Waals surface area contributed by atoms with Gasteiger partial charge in [0.1, 0.15) is 6.04 Å². The summed E-state index contributed by atoms with van der Waals surface area (Å²) in [5.41, 5.74) is 1.34. The van der Waals surface area contributed by atoms with Gasteiger partial charge in [0.25, 0.3) is 0 Å². The molecule has 0 radical (unpaired) electrons. The molecule has 0 saturated carbocycles. The summed E-state index contributed by atoms with van der Waals surface area (Å²) in [4.78, 5) is 13.0. The van der Waals surface area contributed by atoms with Crippen molar-refractivity contribution in [3.8, 4) is 0 Å². The maximum atomic E-state index is 11.1. The summed E-state index contributed by atoms with van der Waals surface area (Å²) in [5, 5.41) is 9.12. The molecule has 2 rings (SSSR count). The van der Waals surface area contributed by atoms with E-state index < -0.39 is 12.0 Å². The molecule has 1 aliphatic heterocycles. The minimum Gasteiger partial charge on any atom is -0.479 e. The van der Waals surface area contributed by atoms with E-state index in [4.69, 9.17) is 5.11 Å². The maximum Gasteiger partial charge on any atom is 0.330 e. The predicted octanol–water partition coefficient (Wildman–Crippen LogP) is 2.85. The van der Waals surface area contributed by atoms with Crippen molar-refractivity contribution in [2.24, 2.45) is 0 Å². The van der Waals surface area contributed by atoms with E-state index in [1.807, 2.05) is 35.4 Å². The summed E-state index contributed by atoms with van der Waals surface area (Å²) < 4.78 is 0. The number of rotatable bonds is 6. The number of benzene rings is 1. The van der Waals surface area contributed by atoms with Crippen molar-refractivity contribution in [3.05, 3.63) is 60.3 Å². The molecule has 0 aromatic heterocycles. The maximum absolute atomic E-state index is 11.1. The van der Waals surface area contributed by atoms with Gasteiger partial charge in [0.2, 0.25) is 0 Å². The average Bonchev–Trinajstić information content (AvgIpc) is 2.45. The van der Waals surface area contributed by atoms with Gasteiger partial charge in [-0.15, -0.1) is 0 Å². The number of aliphatic carboxylic acids is 1. The molecule has 3 heteroatoms. The highest BCUT2D eigenvalue weighted by molar-refractivity contribution is 5.76. The zero-order valence-electron chi connectivity index (χ0n) is 10.9. The molecule has 1 aromatic rings. The van der Waals surface area contributed by atoms with Gasteiger partial charge in [0.05, 0.1) is 0 Å². The molecule has 1 atom stereocenters. The fourth-order valence-electron chi connectivity index (χ4n) is 2.24. The molecule has 1 aromatic carbocycles. The fourth-order valence-corrected chi connectivity index (χ4v) is 2.24. The van der Waals surface area contributed by atoms with Crippen LogP contribution in [0.5, 0.6) is 0 Å². The summed E-state index contributed by atoms with van der Waals surface area (Å²) in [6.45, 7) is 0.782. The van der Waals surface area contributed by atoms with Crippen LogP contribution in [0.25, 0.3) is 0 Å². The molecular formula is C16H19NO2. The van der Waals surface area contributed by atoms with Crippen LogP contribution in [0.15, 0.2) is 54.8 Å². The molecule has 0 amide bonds. The first-order valence-corrected chi connectivity index (χ1v) is 6.65. The van der Waals surface area contributed by atoms with Crippen molar-refractivity contribution in [2.45, 2.75) is 25.3 Å². The van der Waals surface area contributed by atoms with Crippen molar-refractivity contribution in [1.82, 2.24) is 4.90 Å². The second-order valence-electron chi connectivity index (χ2n) is 4.69. The number of hydrogen-bond acceptors (Lipinski definition) is 2. The number of carboxylic acid groups (broad SMARTS) is 1. The molecule has 0 saturated heterocycles. The third kappa shape index (κ3) is 3.98. The van der Waals surface area contributed by atoms with Crippen molar-refractivity contribution in [2.75, 3.05) is 6.54 Å². The van der Waals surface area contributed by atoms with E-state index in [9.17, 15) is 4.79 Å². The Bertz CT molecular complexity index is 465. The van der Waals surface area contributed by atoms with E-state index in [2.05, 4.69) is 12.1 Å². The lowest BCUT2D eigenvalue weighted by molar-refractivity contribution is -0.140. The molecule has 19 heavy (non-hydrogen) atoms. The standard InChI is InChI=1S/C16H19NO2/c18-16(19)15-11-5-7-13-17(15)12-6-4-10-14-8-2-1-3-9-14/h1-3,5,7-9,11,13,15H,4,6,10,12H2,(H,18,19). The lowest BCUT2D eigenvalue weighted by Gasteiger charge is -2.27. The lowest BCUT2D eigenvalue weighted by atomic mass is 10.1. The summed E-state index contributed by atoms with van der Waals surface area (Å²) in [6, 6.07) is 9.86. The van der Waals surface area contributed by atoms with Crippen molar-refractivity contribution in [3.63, 3.8) is 0 Å². The van der Waals surface area contributed by atoms with Gasteiger partial charge in [-0.1, -0.05) is 42.5 Å². The van der Waals surface area contributed by atoms with Crippen LogP contribution >= 0.6 is 0 Å². The molecule has 0 fully saturated rings. The highest BCUT2D eigenvalue weighted by atomic mass is 16.4. The topological polar surface area (TPSA) is 40.5 Å². The first kappa shape index (κ1) is 13.4. The number of hydrogen-bond donors (Lipinski definition) is 1. The van der Waals surface area contributed by atoms with Gasteiger partial charge < -0.3 is 10.0 Å². The van der Waals surface area contributed by atoms with Gasteiger partial charge in [0.15, 0.2) is 0 Å². The molecule has 1 unspecified atom stereocenters. The lowest BCUT2D eigenvalue weighted by Crippen LogP contribution is -2.37. The smallest absolute Gasteiger partial charge is 0.330 e. The van der Waals surface area contributed by atoms with Crippen LogP contribution in [0.1, 0.15) is 18.4 Å². The van der Waals surface area contributed by atoms with E-state index in [1.165, 1.54) is 5.56 Å². The second-order valence-corrected chi connectivity index (χ2v) is 4.69. The molecule has 1 aliphatic rings. The highest BCUT2D eigenvalue weighted by Crippen LogP contribution is 2.11. The Labute approximate surface area is 113 Å². The Morgan fingerprint density at radius 1 is 1.16 bits per heavy atom. The third-order valence-corrected chi connectivity index (χ3v) is 3.27. The summed E-state index contributed by atoms with van der Waals surface area (Å²) >= 11 is 0. The first-order chi connectivity index (χ1) is 9.27. The normalized spacial score (nSPS) is 17.7. The minimum atomic E-state index is -0.788. The summed E-state index contributed by atoms with van der Waals surface area (Å²) in [6.07, 6.45) is 10.4. The Hall–Kier alpha value is -2.03. The quantitative estimate of drug-likeness (QED) is 0.797. The van der Waals surface area contributed by atoms with Crippen LogP contribution in [0.4, 0.5) is 0 Å². The Morgan fingerprint density at radius 2 is 1.95 bits per heavy atom. The van der Waals surface area contributed by atoms with Crippen LogP contribution in [0.2, 0.25) is 0 Å². The van der Waals surface area contributed by atoms with Gasteiger partial charge >= 0.3 is 5.97 Å². The molecule has 0 bridgehead atoms. The van der Waals surface area contributed by atoms with Crippen LogP contribution in [-0.4, -0.2) is 28.6 Å². The molecule has 100 valence electrons. The largest absolute Gasteiger partial charge is 0.479 e. The molecule has 1 N–H and O–H groups in total. The molecule has 0 spiro atoms. The Kier molecular flexibility index (Phi) is 4.78. The van der Waals surface area contributed by atoms with Gasteiger partial charge in [-0.05, 0) is 30.9 Å². The molecule has 1 heterocycles. The monoisotopic (exact) mass is 257 g/mol. The van der Waals surface area contributed by atoms with Gasteiger partial charge in [-0.3, -0.25) is 0 Å². The zero-order valence-corrected chi connectivity index (χ0v) is 10.9. The van der Waals surface area contributed by atoms with E-state index >= 15 is 0 Å². The second kappa shape index (κ2) is 6.78. The fraction of sp³-hybridized carbons (Fsp3) is 0.312. The van der Waals surface area contributed by atoms with Gasteiger partial charge in [-0.2, -0.15) is 0 Å². The number of carbonyl (C=O) groups is 1. The third-order valence-electron chi connectivity index (χ3n) is 3.27. The highest BCUT2D eigenvalue weighted by Gasteiger charge is 2.20. The predicted molar refractivity (Wildman–Crippen MR) is 75.8 cm³/mol. The van der Waals surface area contributed by atoms with Crippen molar-refractivity contribution >= 4 is 5.97 Å². The van der Waals surface area contributed by atoms with Gasteiger partial charge in [-0.25, -0.2) is 4.79 Å². The van der Waals surface area contributed by atoms with Crippen molar-refractivity contribution in [1.29, 1.82) is 0 Å². The number of allylic oxidation sites excluding steroid dienone is 2. The van der Waals surface area contributed by atoms with E-state index in [1.54, 1.807) is 12.2 Å². The first-order valence-electron chi connectivity index (χ1n) is 6.65. The number of carboxylic acids is 1. The number of unbranched alkanes of at least 4 members (excludes halogenated alkanes) is 1. The summed E-state index contributed by atoms with van der Waals surface area (Å²) in [5.74, 6) is -0.788. The molecular weight excluding hydrogens is 238 g/mol. The zero-order chi connectivity index (χ0) is 13.5. The summed E-state index contributed by atoms with van der Waals surface area (Å²) in [7, 11) is 0. The molecule has 3 nitrogen and oxygen atoms in total.